The summed E-state index contributed by atoms with van der Waals surface area (Å²) in [5.41, 5.74) is 1.94. The van der Waals surface area contributed by atoms with E-state index < -0.39 is 0 Å². The minimum absolute atomic E-state index is 0.0533. The maximum absolute atomic E-state index is 11.2. The number of amides is 1. The van der Waals surface area contributed by atoms with E-state index in [9.17, 15) is 4.79 Å². The molecule has 1 fully saturated rings. The number of hydrogen-bond acceptors (Lipinski definition) is 2. The van der Waals surface area contributed by atoms with Gasteiger partial charge < -0.3 is 15.5 Å². The van der Waals surface area contributed by atoms with Gasteiger partial charge in [-0.1, -0.05) is 31.9 Å². The number of carbonyl (C=O) groups is 1. The first-order chi connectivity index (χ1) is 12.0. The Labute approximate surface area is 151 Å². The molecule has 0 spiro atoms. The predicted octanol–water partition coefficient (Wildman–Crippen LogP) is 3.48. The normalized spacial score (nSPS) is 20.9. The molecule has 1 aromatic carbocycles. The summed E-state index contributed by atoms with van der Waals surface area (Å²) in [4.78, 5) is 17.8. The van der Waals surface area contributed by atoms with Crippen LogP contribution in [0.4, 0.5) is 5.69 Å². The van der Waals surface area contributed by atoms with Crippen molar-refractivity contribution in [2.24, 2.45) is 16.8 Å². The van der Waals surface area contributed by atoms with Gasteiger partial charge in [0.15, 0.2) is 5.96 Å². The van der Waals surface area contributed by atoms with Gasteiger partial charge in [-0.15, -0.1) is 0 Å². The zero-order valence-corrected chi connectivity index (χ0v) is 16.0. The monoisotopic (exact) mass is 344 g/mol. The number of hydrogen-bond donors (Lipinski definition) is 2. The lowest BCUT2D eigenvalue weighted by atomic mass is 9.83. The number of nitrogens with one attached hydrogen (secondary N) is 2. The average molecular weight is 345 g/mol. The molecule has 0 saturated heterocycles. The number of guanidine groups is 1. The Morgan fingerprint density at radius 2 is 2.00 bits per heavy atom. The fourth-order valence-electron chi connectivity index (χ4n) is 3.51. The minimum Gasteiger partial charge on any atom is -0.352 e. The van der Waals surface area contributed by atoms with Gasteiger partial charge in [0.2, 0.25) is 5.91 Å². The molecule has 0 aromatic heterocycles. The predicted molar refractivity (Wildman–Crippen MR) is 105 cm³/mol. The molecule has 138 valence electrons. The van der Waals surface area contributed by atoms with Crippen LogP contribution in [0.5, 0.6) is 0 Å². The minimum atomic E-state index is -0.0533. The highest BCUT2D eigenvalue weighted by molar-refractivity contribution is 5.88. The van der Waals surface area contributed by atoms with Crippen molar-refractivity contribution >= 4 is 17.6 Å². The van der Waals surface area contributed by atoms with Crippen molar-refractivity contribution in [3.63, 3.8) is 0 Å². The molecule has 1 amide bonds. The molecule has 1 aliphatic rings. The van der Waals surface area contributed by atoms with E-state index in [0.29, 0.717) is 6.54 Å². The lowest BCUT2D eigenvalue weighted by molar-refractivity contribution is -0.114. The molecule has 5 heteroatoms. The second kappa shape index (κ2) is 9.44. The van der Waals surface area contributed by atoms with Crippen molar-refractivity contribution < 1.29 is 4.79 Å². The van der Waals surface area contributed by atoms with Crippen molar-refractivity contribution in [1.82, 2.24) is 10.2 Å². The SMILES string of the molecule is CN=C(NCc1cccc(NC(C)=O)c1)N(C)CC1CCC(C)CC1. The van der Waals surface area contributed by atoms with Crippen LogP contribution in [0.2, 0.25) is 0 Å². The molecule has 5 nitrogen and oxygen atoms in total. The zero-order valence-electron chi connectivity index (χ0n) is 16.0. The van der Waals surface area contributed by atoms with Crippen molar-refractivity contribution in [3.8, 4) is 0 Å². The van der Waals surface area contributed by atoms with Gasteiger partial charge in [-0.05, 0) is 42.4 Å². The standard InChI is InChI=1S/C20H32N4O/c1-15-8-10-17(11-9-15)14-24(4)20(21-3)22-13-18-6-5-7-19(12-18)23-16(2)25/h5-7,12,15,17H,8-11,13-14H2,1-4H3,(H,21,22)(H,23,25). The van der Waals surface area contributed by atoms with E-state index in [4.69, 9.17) is 0 Å². The number of rotatable bonds is 5. The third-order valence-corrected chi connectivity index (χ3v) is 4.94. The lowest BCUT2D eigenvalue weighted by Crippen LogP contribution is -2.41. The van der Waals surface area contributed by atoms with Crippen LogP contribution in [-0.4, -0.2) is 37.4 Å². The van der Waals surface area contributed by atoms with E-state index >= 15 is 0 Å². The van der Waals surface area contributed by atoms with Crippen LogP contribution in [-0.2, 0) is 11.3 Å². The summed E-state index contributed by atoms with van der Waals surface area (Å²) >= 11 is 0. The third kappa shape index (κ3) is 6.40. The molecule has 1 aliphatic carbocycles. The number of anilines is 1. The summed E-state index contributed by atoms with van der Waals surface area (Å²) in [6.07, 6.45) is 5.34. The first-order valence-corrected chi connectivity index (χ1v) is 9.26. The zero-order chi connectivity index (χ0) is 18.2. The Morgan fingerprint density at radius 3 is 2.64 bits per heavy atom. The van der Waals surface area contributed by atoms with Gasteiger partial charge >= 0.3 is 0 Å². The van der Waals surface area contributed by atoms with E-state index in [2.05, 4.69) is 34.5 Å². The van der Waals surface area contributed by atoms with Gasteiger partial charge in [-0.3, -0.25) is 9.79 Å². The van der Waals surface area contributed by atoms with Crippen LogP contribution in [0.15, 0.2) is 29.3 Å². The second-order valence-electron chi connectivity index (χ2n) is 7.29. The molecule has 0 unspecified atom stereocenters. The molecule has 0 aliphatic heterocycles. The highest BCUT2D eigenvalue weighted by atomic mass is 16.1. The van der Waals surface area contributed by atoms with Crippen molar-refractivity contribution in [1.29, 1.82) is 0 Å². The molecule has 0 radical (unpaired) electrons. The van der Waals surface area contributed by atoms with Gasteiger partial charge in [0.05, 0.1) is 0 Å². The highest BCUT2D eigenvalue weighted by Gasteiger charge is 2.20. The first-order valence-electron chi connectivity index (χ1n) is 9.26. The number of nitrogens with zero attached hydrogens (tertiary/aromatic N) is 2. The van der Waals surface area contributed by atoms with Crippen molar-refractivity contribution in [2.45, 2.75) is 46.1 Å². The van der Waals surface area contributed by atoms with Gasteiger partial charge in [0, 0.05) is 39.8 Å². The molecule has 1 saturated carbocycles. The fraction of sp³-hybridized carbons (Fsp3) is 0.600. The van der Waals surface area contributed by atoms with Crippen LogP contribution in [0, 0.1) is 11.8 Å². The van der Waals surface area contributed by atoms with E-state index in [1.807, 2.05) is 31.3 Å². The third-order valence-electron chi connectivity index (χ3n) is 4.94. The molecular formula is C20H32N4O. The Bertz CT molecular complexity index is 591. The summed E-state index contributed by atoms with van der Waals surface area (Å²) in [6.45, 7) is 5.62. The molecule has 2 rings (SSSR count). The fourth-order valence-corrected chi connectivity index (χ4v) is 3.51. The second-order valence-corrected chi connectivity index (χ2v) is 7.29. The molecule has 0 bridgehead atoms. The smallest absolute Gasteiger partial charge is 0.221 e. The molecule has 0 atom stereocenters. The highest BCUT2D eigenvalue weighted by Crippen LogP contribution is 2.28. The Balaban J connectivity index is 1.86. The van der Waals surface area contributed by atoms with E-state index in [1.165, 1.54) is 32.6 Å². The number of carbonyl (C=O) groups excluding carboxylic acids is 1. The summed E-state index contributed by atoms with van der Waals surface area (Å²) in [6, 6.07) is 7.90. The van der Waals surface area contributed by atoms with Crippen molar-refractivity contribution in [2.75, 3.05) is 26.0 Å². The molecule has 2 N–H and O–H groups in total. The summed E-state index contributed by atoms with van der Waals surface area (Å²) in [5.74, 6) is 2.52. The average Bonchev–Trinajstić information content (AvgIpc) is 2.57. The molecular weight excluding hydrogens is 312 g/mol. The van der Waals surface area contributed by atoms with Gasteiger partial charge in [0.25, 0.3) is 0 Å². The van der Waals surface area contributed by atoms with E-state index in [1.54, 1.807) is 0 Å². The lowest BCUT2D eigenvalue weighted by Gasteiger charge is -2.31. The molecule has 0 heterocycles. The van der Waals surface area contributed by atoms with Crippen LogP contribution in [0.25, 0.3) is 0 Å². The van der Waals surface area contributed by atoms with Gasteiger partial charge in [0.1, 0.15) is 0 Å². The van der Waals surface area contributed by atoms with Crippen LogP contribution >= 0.6 is 0 Å². The summed E-state index contributed by atoms with van der Waals surface area (Å²) in [5, 5.41) is 6.25. The largest absolute Gasteiger partial charge is 0.352 e. The molecule has 1 aromatic rings. The quantitative estimate of drug-likeness (QED) is 0.635. The molecule has 25 heavy (non-hydrogen) atoms. The Kier molecular flexibility index (Phi) is 7.29. The van der Waals surface area contributed by atoms with E-state index in [0.717, 1.165) is 35.6 Å². The number of aliphatic imine (C=N–C) groups is 1. The van der Waals surface area contributed by atoms with Gasteiger partial charge in [-0.25, -0.2) is 0 Å². The Hall–Kier alpha value is -2.04. The number of benzene rings is 1. The van der Waals surface area contributed by atoms with Crippen molar-refractivity contribution in [3.05, 3.63) is 29.8 Å². The van der Waals surface area contributed by atoms with Crippen LogP contribution in [0.3, 0.4) is 0 Å². The Morgan fingerprint density at radius 1 is 1.28 bits per heavy atom. The maximum Gasteiger partial charge on any atom is 0.221 e. The first kappa shape index (κ1) is 19.3. The summed E-state index contributed by atoms with van der Waals surface area (Å²) in [7, 11) is 3.94. The topological polar surface area (TPSA) is 56.7 Å². The summed E-state index contributed by atoms with van der Waals surface area (Å²) < 4.78 is 0. The van der Waals surface area contributed by atoms with Gasteiger partial charge in [-0.2, -0.15) is 0 Å². The van der Waals surface area contributed by atoms with Crippen LogP contribution < -0.4 is 10.6 Å². The van der Waals surface area contributed by atoms with E-state index in [-0.39, 0.29) is 5.91 Å². The van der Waals surface area contributed by atoms with Crippen LogP contribution in [0.1, 0.15) is 45.1 Å². The maximum atomic E-state index is 11.2.